The van der Waals surface area contributed by atoms with E-state index in [1.165, 1.54) is 0 Å². The van der Waals surface area contributed by atoms with Crippen molar-refractivity contribution in [3.05, 3.63) is 18.4 Å². The predicted octanol–water partition coefficient (Wildman–Crippen LogP) is -0.888. The molecule has 0 saturated heterocycles. The minimum absolute atomic E-state index is 0.987. The first-order chi connectivity index (χ1) is 3.93. The van der Waals surface area contributed by atoms with Crippen molar-refractivity contribution < 1.29 is 0 Å². The molecule has 1 heterocycles. The standard InChI is InChI=1S/C4H7BN2Si/c8-7-4-3-6-2-1-5-4/h1-3,7H,8H3. The molecule has 0 atom stereocenters. The molecular weight excluding hydrogens is 115 g/mol. The van der Waals surface area contributed by atoms with Crippen molar-refractivity contribution in [1.82, 2.24) is 4.98 Å². The Kier molecular flexibility index (Phi) is 1.80. The Labute approximate surface area is 52.1 Å². The SMILES string of the molecule is [SiH3]Nc1bccnc1. The second kappa shape index (κ2) is 2.62. The van der Waals surface area contributed by atoms with Crippen molar-refractivity contribution in [2.45, 2.75) is 0 Å². The number of nitrogens with zero attached hydrogens (tertiary/aromatic N) is 1. The van der Waals surface area contributed by atoms with Gasteiger partial charge in [-0.2, -0.15) is 0 Å². The van der Waals surface area contributed by atoms with E-state index in [1.54, 1.807) is 6.20 Å². The molecule has 0 aliphatic heterocycles. The number of hydrogen-bond acceptors (Lipinski definition) is 2. The van der Waals surface area contributed by atoms with Crippen LogP contribution in [0.5, 0.6) is 0 Å². The molecule has 8 heavy (non-hydrogen) atoms. The van der Waals surface area contributed by atoms with Crippen LogP contribution in [0, 0.1) is 0 Å². The molecule has 1 N–H and O–H groups in total. The first-order valence-corrected chi connectivity index (χ1v) is 3.51. The van der Waals surface area contributed by atoms with Crippen LogP contribution in [-0.2, 0) is 0 Å². The van der Waals surface area contributed by atoms with Crippen molar-refractivity contribution >= 4 is 22.9 Å². The summed E-state index contributed by atoms with van der Waals surface area (Å²) in [5, 5.41) is 0. The fraction of sp³-hybridized carbons (Fsp3) is 0. The Morgan fingerprint density at radius 2 is 2.62 bits per heavy atom. The summed E-state index contributed by atoms with van der Waals surface area (Å²) in [4.78, 5) is 7.02. The topological polar surface area (TPSA) is 24.9 Å². The van der Waals surface area contributed by atoms with Crippen LogP contribution < -0.4 is 4.98 Å². The van der Waals surface area contributed by atoms with Crippen LogP contribution in [0.25, 0.3) is 0 Å². The van der Waals surface area contributed by atoms with Gasteiger partial charge in [0.1, 0.15) is 0 Å². The van der Waals surface area contributed by atoms with Crippen LogP contribution >= 0.6 is 0 Å². The zero-order valence-corrected chi connectivity index (χ0v) is 6.76. The number of rotatable bonds is 1. The summed E-state index contributed by atoms with van der Waals surface area (Å²) in [6.45, 7) is 2.00. The molecule has 0 radical (unpaired) electrons. The Morgan fingerprint density at radius 1 is 1.75 bits per heavy atom. The maximum absolute atomic E-state index is 3.92. The molecule has 0 fully saturated rings. The molecule has 0 aliphatic rings. The molecule has 2 nitrogen and oxygen atoms in total. The van der Waals surface area contributed by atoms with E-state index in [1.807, 2.05) is 19.1 Å². The van der Waals surface area contributed by atoms with Crippen LogP contribution in [0.4, 0.5) is 5.58 Å². The van der Waals surface area contributed by atoms with E-state index in [2.05, 4.69) is 9.97 Å². The Hall–Kier alpha value is -0.638. The third-order valence-electron chi connectivity index (χ3n) is 0.950. The number of anilines is 1. The van der Waals surface area contributed by atoms with E-state index >= 15 is 0 Å². The maximum atomic E-state index is 3.92. The Bertz CT molecular complexity index is 155. The second-order valence-electron chi connectivity index (χ2n) is 1.49. The van der Waals surface area contributed by atoms with Crippen molar-refractivity contribution in [2.24, 2.45) is 0 Å². The van der Waals surface area contributed by atoms with Gasteiger partial charge in [-0.25, -0.2) is 0 Å². The van der Waals surface area contributed by atoms with Crippen LogP contribution in [0.15, 0.2) is 18.4 Å². The van der Waals surface area contributed by atoms with Gasteiger partial charge >= 0.3 is 51.2 Å². The van der Waals surface area contributed by atoms with Crippen molar-refractivity contribution in [1.29, 1.82) is 0 Å². The van der Waals surface area contributed by atoms with E-state index < -0.39 is 0 Å². The quantitative estimate of drug-likeness (QED) is 0.489. The van der Waals surface area contributed by atoms with Gasteiger partial charge in [-0.1, -0.05) is 0 Å². The molecule has 4 heteroatoms. The van der Waals surface area contributed by atoms with Crippen LogP contribution in [0.3, 0.4) is 0 Å². The van der Waals surface area contributed by atoms with Crippen LogP contribution in [-0.4, -0.2) is 22.3 Å². The zero-order chi connectivity index (χ0) is 5.82. The minimum atomic E-state index is 0.987. The first-order valence-electron chi connectivity index (χ1n) is 2.51. The fourth-order valence-electron chi connectivity index (χ4n) is 0.511. The fourth-order valence-corrected chi connectivity index (χ4v) is 0.806. The van der Waals surface area contributed by atoms with E-state index in [0.717, 1.165) is 16.0 Å². The molecule has 0 unspecified atom stereocenters. The van der Waals surface area contributed by atoms with E-state index in [9.17, 15) is 0 Å². The first kappa shape index (κ1) is 5.50. The number of hydrogen-bond donors (Lipinski definition) is 1. The van der Waals surface area contributed by atoms with Crippen LogP contribution in [0.1, 0.15) is 0 Å². The van der Waals surface area contributed by atoms with Gasteiger partial charge in [0.2, 0.25) is 0 Å². The second-order valence-corrected chi connectivity index (χ2v) is 1.99. The molecule has 0 spiro atoms. The predicted molar refractivity (Wildman–Crippen MR) is 39.1 cm³/mol. The Balaban J connectivity index is 2.83. The van der Waals surface area contributed by atoms with Gasteiger partial charge in [0.05, 0.1) is 0 Å². The molecule has 0 bridgehead atoms. The van der Waals surface area contributed by atoms with Gasteiger partial charge in [0.25, 0.3) is 0 Å². The molecule has 0 saturated carbocycles. The van der Waals surface area contributed by atoms with Gasteiger partial charge in [-0.15, -0.1) is 0 Å². The van der Waals surface area contributed by atoms with Gasteiger partial charge < -0.3 is 0 Å². The number of aromatic nitrogens is 1. The summed E-state index contributed by atoms with van der Waals surface area (Å²) in [6, 6.07) is 0. The monoisotopic (exact) mass is 122 g/mol. The molecule has 1 aromatic rings. The van der Waals surface area contributed by atoms with E-state index in [4.69, 9.17) is 0 Å². The molecule has 40 valence electrons. The molecule has 0 aliphatic carbocycles. The summed E-state index contributed by atoms with van der Waals surface area (Å²) >= 11 is 0. The summed E-state index contributed by atoms with van der Waals surface area (Å²) in [5.74, 6) is 1.92. The third kappa shape index (κ3) is 1.16. The normalized spacial score (nSPS) is 8.50. The van der Waals surface area contributed by atoms with Gasteiger partial charge in [-0.05, 0) is 0 Å². The summed E-state index contributed by atoms with van der Waals surface area (Å²) in [6.07, 6.45) is 3.58. The van der Waals surface area contributed by atoms with E-state index in [-0.39, 0.29) is 0 Å². The third-order valence-corrected chi connectivity index (χ3v) is 1.53. The van der Waals surface area contributed by atoms with E-state index in [0.29, 0.717) is 0 Å². The summed E-state index contributed by atoms with van der Waals surface area (Å²) < 4.78 is 0. The Morgan fingerprint density at radius 3 is 3.00 bits per heavy atom. The number of nitrogens with one attached hydrogen (secondary N) is 1. The van der Waals surface area contributed by atoms with Crippen molar-refractivity contribution in [3.8, 4) is 0 Å². The van der Waals surface area contributed by atoms with Crippen molar-refractivity contribution in [2.75, 3.05) is 4.98 Å². The molecule has 1 rings (SSSR count). The summed E-state index contributed by atoms with van der Waals surface area (Å²) in [7, 11) is 0.987. The molecule has 1 aromatic heterocycles. The zero-order valence-electron chi connectivity index (χ0n) is 4.76. The average molecular weight is 122 g/mol. The summed E-state index contributed by atoms with van der Waals surface area (Å²) in [5.41, 5.74) is 1.11. The van der Waals surface area contributed by atoms with Gasteiger partial charge in [0.15, 0.2) is 0 Å². The molecular formula is C4H7BN2Si. The van der Waals surface area contributed by atoms with Crippen LogP contribution in [0.2, 0.25) is 0 Å². The molecule has 0 amide bonds. The van der Waals surface area contributed by atoms with Gasteiger partial charge in [-0.3, -0.25) is 0 Å². The molecule has 0 aromatic carbocycles. The van der Waals surface area contributed by atoms with Gasteiger partial charge in [0, 0.05) is 0 Å². The average Bonchev–Trinajstić information content (AvgIpc) is 1.90. The van der Waals surface area contributed by atoms with Crippen molar-refractivity contribution in [3.63, 3.8) is 0 Å².